The highest BCUT2D eigenvalue weighted by atomic mass is 19.1. The molecule has 1 heterocycles. The van der Waals surface area contributed by atoms with Crippen molar-refractivity contribution in [1.82, 2.24) is 20.4 Å². The van der Waals surface area contributed by atoms with Crippen LogP contribution in [0.1, 0.15) is 16.7 Å². The molecule has 0 unspecified atom stereocenters. The SMILES string of the molecule is CN=C(NCc1cccc(F)c1)NCc1ccccc1Cn1cccn1. The number of halogens is 1. The first-order valence-corrected chi connectivity index (χ1v) is 8.48. The average molecular weight is 351 g/mol. The number of hydrogen-bond donors (Lipinski definition) is 2. The zero-order chi connectivity index (χ0) is 18.2. The van der Waals surface area contributed by atoms with Gasteiger partial charge in [-0.15, -0.1) is 0 Å². The first-order valence-electron chi connectivity index (χ1n) is 8.48. The van der Waals surface area contributed by atoms with E-state index in [0.29, 0.717) is 19.0 Å². The monoisotopic (exact) mass is 351 g/mol. The van der Waals surface area contributed by atoms with Gasteiger partial charge in [0.05, 0.1) is 6.54 Å². The predicted octanol–water partition coefficient (Wildman–Crippen LogP) is 2.94. The molecule has 134 valence electrons. The molecule has 0 aliphatic heterocycles. The van der Waals surface area contributed by atoms with E-state index < -0.39 is 0 Å². The van der Waals surface area contributed by atoms with E-state index >= 15 is 0 Å². The summed E-state index contributed by atoms with van der Waals surface area (Å²) in [6.45, 7) is 1.87. The van der Waals surface area contributed by atoms with Crippen LogP contribution in [-0.2, 0) is 19.6 Å². The van der Waals surface area contributed by atoms with Gasteiger partial charge in [0.1, 0.15) is 5.82 Å². The highest BCUT2D eigenvalue weighted by Crippen LogP contribution is 2.10. The van der Waals surface area contributed by atoms with E-state index in [0.717, 1.165) is 12.1 Å². The van der Waals surface area contributed by atoms with E-state index in [2.05, 4.69) is 32.9 Å². The van der Waals surface area contributed by atoms with E-state index in [4.69, 9.17) is 0 Å². The minimum atomic E-state index is -0.236. The van der Waals surface area contributed by atoms with E-state index in [1.807, 2.05) is 35.1 Å². The Labute approximate surface area is 152 Å². The summed E-state index contributed by atoms with van der Waals surface area (Å²) >= 11 is 0. The fraction of sp³-hybridized carbons (Fsp3) is 0.200. The van der Waals surface area contributed by atoms with Gasteiger partial charge in [-0.1, -0.05) is 36.4 Å². The number of aliphatic imine (C=N–C) groups is 1. The number of rotatable bonds is 6. The van der Waals surface area contributed by atoms with Gasteiger partial charge in [-0.05, 0) is 34.9 Å². The molecule has 3 rings (SSSR count). The third kappa shape index (κ3) is 4.92. The molecule has 0 atom stereocenters. The number of aromatic nitrogens is 2. The van der Waals surface area contributed by atoms with Crippen molar-refractivity contribution in [2.75, 3.05) is 7.05 Å². The highest BCUT2D eigenvalue weighted by molar-refractivity contribution is 5.79. The maximum absolute atomic E-state index is 13.3. The van der Waals surface area contributed by atoms with Crippen LogP contribution in [0.15, 0.2) is 72.0 Å². The second-order valence-electron chi connectivity index (χ2n) is 5.88. The molecule has 6 heteroatoms. The van der Waals surface area contributed by atoms with Crippen molar-refractivity contribution in [3.63, 3.8) is 0 Å². The normalized spacial score (nSPS) is 11.4. The van der Waals surface area contributed by atoms with Crippen molar-refractivity contribution in [1.29, 1.82) is 0 Å². The molecule has 0 bridgehead atoms. The number of hydrogen-bond acceptors (Lipinski definition) is 2. The lowest BCUT2D eigenvalue weighted by atomic mass is 10.1. The van der Waals surface area contributed by atoms with Gasteiger partial charge in [-0.2, -0.15) is 5.10 Å². The zero-order valence-corrected chi connectivity index (χ0v) is 14.7. The Balaban J connectivity index is 1.58. The summed E-state index contributed by atoms with van der Waals surface area (Å²) in [5.74, 6) is 0.433. The molecular weight excluding hydrogens is 329 g/mol. The molecule has 0 spiro atoms. The molecule has 0 aliphatic rings. The summed E-state index contributed by atoms with van der Waals surface area (Å²) in [6, 6.07) is 16.7. The molecule has 3 aromatic rings. The van der Waals surface area contributed by atoms with E-state index in [1.54, 1.807) is 19.3 Å². The summed E-state index contributed by atoms with van der Waals surface area (Å²) in [5.41, 5.74) is 3.24. The van der Waals surface area contributed by atoms with Crippen LogP contribution >= 0.6 is 0 Å². The highest BCUT2D eigenvalue weighted by Gasteiger charge is 2.05. The van der Waals surface area contributed by atoms with E-state index in [9.17, 15) is 4.39 Å². The fourth-order valence-corrected chi connectivity index (χ4v) is 2.68. The van der Waals surface area contributed by atoms with Crippen molar-refractivity contribution >= 4 is 5.96 Å². The summed E-state index contributed by atoms with van der Waals surface area (Å²) in [5, 5.41) is 10.8. The van der Waals surface area contributed by atoms with Crippen LogP contribution in [0, 0.1) is 5.82 Å². The molecule has 26 heavy (non-hydrogen) atoms. The summed E-state index contributed by atoms with van der Waals surface area (Å²) < 4.78 is 15.2. The van der Waals surface area contributed by atoms with Crippen molar-refractivity contribution in [3.8, 4) is 0 Å². The predicted molar refractivity (Wildman–Crippen MR) is 101 cm³/mol. The summed E-state index contributed by atoms with van der Waals surface area (Å²) in [4.78, 5) is 4.23. The van der Waals surface area contributed by atoms with Crippen LogP contribution in [-0.4, -0.2) is 22.8 Å². The largest absolute Gasteiger partial charge is 0.352 e. The maximum atomic E-state index is 13.3. The van der Waals surface area contributed by atoms with Gasteiger partial charge < -0.3 is 10.6 Å². The topological polar surface area (TPSA) is 54.2 Å². The van der Waals surface area contributed by atoms with Gasteiger partial charge in [0.15, 0.2) is 5.96 Å². The minimum Gasteiger partial charge on any atom is -0.352 e. The van der Waals surface area contributed by atoms with Gasteiger partial charge in [0, 0.05) is 32.5 Å². The second kappa shape index (κ2) is 8.80. The van der Waals surface area contributed by atoms with Crippen molar-refractivity contribution < 1.29 is 4.39 Å². The van der Waals surface area contributed by atoms with Crippen molar-refractivity contribution in [2.24, 2.45) is 4.99 Å². The van der Waals surface area contributed by atoms with Gasteiger partial charge in [0.25, 0.3) is 0 Å². The summed E-state index contributed by atoms with van der Waals surface area (Å²) in [6.07, 6.45) is 3.72. The van der Waals surface area contributed by atoms with Crippen LogP contribution in [0.25, 0.3) is 0 Å². The third-order valence-corrected chi connectivity index (χ3v) is 4.03. The molecule has 0 amide bonds. The third-order valence-electron chi connectivity index (χ3n) is 4.03. The lowest BCUT2D eigenvalue weighted by Gasteiger charge is -2.14. The van der Waals surface area contributed by atoms with E-state index in [1.165, 1.54) is 23.3 Å². The molecule has 0 saturated heterocycles. The Bertz CT molecular complexity index is 858. The number of guanidine groups is 1. The molecule has 0 saturated carbocycles. The first kappa shape index (κ1) is 17.7. The molecule has 0 fully saturated rings. The number of nitrogens with one attached hydrogen (secondary N) is 2. The number of benzene rings is 2. The van der Waals surface area contributed by atoms with Crippen LogP contribution in [0.2, 0.25) is 0 Å². The minimum absolute atomic E-state index is 0.236. The molecule has 0 radical (unpaired) electrons. The fourth-order valence-electron chi connectivity index (χ4n) is 2.68. The Morgan fingerprint density at radius 3 is 2.58 bits per heavy atom. The smallest absolute Gasteiger partial charge is 0.191 e. The quantitative estimate of drug-likeness (QED) is 0.530. The second-order valence-corrected chi connectivity index (χ2v) is 5.88. The molecule has 0 aliphatic carbocycles. The molecule has 1 aromatic heterocycles. The number of nitrogens with zero attached hydrogens (tertiary/aromatic N) is 3. The Kier molecular flexibility index (Phi) is 5.98. The van der Waals surface area contributed by atoms with Crippen LogP contribution in [0.3, 0.4) is 0 Å². The van der Waals surface area contributed by atoms with Crippen LogP contribution < -0.4 is 10.6 Å². The Morgan fingerprint density at radius 1 is 1.04 bits per heavy atom. The summed E-state index contributed by atoms with van der Waals surface area (Å²) in [7, 11) is 1.72. The van der Waals surface area contributed by atoms with Crippen molar-refractivity contribution in [2.45, 2.75) is 19.6 Å². The van der Waals surface area contributed by atoms with Gasteiger partial charge in [-0.25, -0.2) is 4.39 Å². The standard InChI is InChI=1S/C20H22FN5/c1-22-20(23-13-16-6-4-9-19(21)12-16)24-14-17-7-2-3-8-18(17)15-26-11-5-10-25-26/h2-12H,13-15H2,1H3,(H2,22,23,24). The van der Waals surface area contributed by atoms with Gasteiger partial charge in [-0.3, -0.25) is 9.67 Å². The van der Waals surface area contributed by atoms with Crippen LogP contribution in [0.4, 0.5) is 4.39 Å². The Morgan fingerprint density at radius 2 is 1.85 bits per heavy atom. The zero-order valence-electron chi connectivity index (χ0n) is 14.7. The lowest BCUT2D eigenvalue weighted by Crippen LogP contribution is -2.36. The van der Waals surface area contributed by atoms with E-state index in [-0.39, 0.29) is 5.82 Å². The first-order chi connectivity index (χ1) is 12.7. The van der Waals surface area contributed by atoms with Gasteiger partial charge >= 0.3 is 0 Å². The molecular formula is C20H22FN5. The average Bonchev–Trinajstić information content (AvgIpc) is 3.16. The lowest BCUT2D eigenvalue weighted by molar-refractivity contribution is 0.624. The molecule has 2 N–H and O–H groups in total. The van der Waals surface area contributed by atoms with Crippen molar-refractivity contribution in [3.05, 3.63) is 89.5 Å². The Hall–Kier alpha value is -3.15. The van der Waals surface area contributed by atoms with Crippen LogP contribution in [0.5, 0.6) is 0 Å². The van der Waals surface area contributed by atoms with Gasteiger partial charge in [0.2, 0.25) is 0 Å². The maximum Gasteiger partial charge on any atom is 0.191 e. The molecule has 5 nitrogen and oxygen atoms in total. The molecule has 2 aromatic carbocycles.